The van der Waals surface area contributed by atoms with Gasteiger partial charge in [0.1, 0.15) is 11.1 Å². The zero-order valence-corrected chi connectivity index (χ0v) is 17.8. The van der Waals surface area contributed by atoms with Crippen molar-refractivity contribution in [2.75, 3.05) is 13.7 Å². The number of aliphatic hydroxyl groups excluding tert-OH is 1. The predicted molar refractivity (Wildman–Crippen MR) is 114 cm³/mol. The van der Waals surface area contributed by atoms with E-state index in [4.69, 9.17) is 14.5 Å². The lowest BCUT2D eigenvalue weighted by Gasteiger charge is -2.24. The van der Waals surface area contributed by atoms with Gasteiger partial charge in [0.25, 0.3) is 0 Å². The highest BCUT2D eigenvalue weighted by Crippen LogP contribution is 2.50. The summed E-state index contributed by atoms with van der Waals surface area (Å²) in [5, 5.41) is 10.5. The molecule has 0 amide bonds. The molecular formula is C22H20FN3O3S. The maximum absolute atomic E-state index is 14.8. The van der Waals surface area contributed by atoms with Crippen molar-refractivity contribution in [1.29, 1.82) is 0 Å². The van der Waals surface area contributed by atoms with Crippen LogP contribution in [0, 0.1) is 12.7 Å². The summed E-state index contributed by atoms with van der Waals surface area (Å²) in [5.41, 5.74) is 4.05. The van der Waals surface area contributed by atoms with E-state index in [0.717, 1.165) is 26.4 Å². The molecule has 4 aromatic rings. The van der Waals surface area contributed by atoms with E-state index in [1.165, 1.54) is 17.4 Å². The molecule has 0 saturated heterocycles. The molecule has 5 rings (SSSR count). The topological polar surface area (TPSA) is 77.4 Å². The molecule has 0 radical (unpaired) electrons. The van der Waals surface area contributed by atoms with E-state index in [9.17, 15) is 9.50 Å². The largest absolute Gasteiger partial charge is 0.484 e. The molecule has 8 heteroatoms. The lowest BCUT2D eigenvalue weighted by atomic mass is 9.81. The molecule has 1 N–H and O–H groups in total. The molecule has 30 heavy (non-hydrogen) atoms. The van der Waals surface area contributed by atoms with Crippen molar-refractivity contribution in [3.05, 3.63) is 41.3 Å². The SMILES string of the molecule is COc1cnc2c(-c3nc4cc(F)c5c(c4s3)C(C)(C)C(CO)O5)cc(C)cc2n1. The third-order valence-electron chi connectivity index (χ3n) is 5.67. The average Bonchev–Trinajstić information content (AvgIpc) is 3.24. The van der Waals surface area contributed by atoms with E-state index in [1.54, 1.807) is 13.3 Å². The number of hydrogen-bond acceptors (Lipinski definition) is 7. The summed E-state index contributed by atoms with van der Waals surface area (Å²) >= 11 is 1.47. The first-order valence-corrected chi connectivity index (χ1v) is 10.4. The Morgan fingerprint density at radius 3 is 2.77 bits per heavy atom. The third kappa shape index (κ3) is 2.67. The molecule has 0 aliphatic carbocycles. The number of ether oxygens (including phenoxy) is 2. The van der Waals surface area contributed by atoms with Gasteiger partial charge in [0.2, 0.25) is 5.88 Å². The highest BCUT2D eigenvalue weighted by molar-refractivity contribution is 7.22. The van der Waals surface area contributed by atoms with Crippen LogP contribution in [0.5, 0.6) is 11.6 Å². The Morgan fingerprint density at radius 2 is 2.03 bits per heavy atom. The van der Waals surface area contributed by atoms with Crippen LogP contribution in [0.3, 0.4) is 0 Å². The molecule has 0 saturated carbocycles. The molecule has 1 atom stereocenters. The van der Waals surface area contributed by atoms with Gasteiger partial charge in [-0.3, -0.25) is 0 Å². The summed E-state index contributed by atoms with van der Waals surface area (Å²) in [5.74, 6) is 0.189. The second-order valence-electron chi connectivity index (χ2n) is 8.03. The number of halogens is 1. The van der Waals surface area contributed by atoms with Crippen LogP contribution < -0.4 is 9.47 Å². The van der Waals surface area contributed by atoms with E-state index in [2.05, 4.69) is 9.97 Å². The average molecular weight is 425 g/mol. The fourth-order valence-corrected chi connectivity index (χ4v) is 5.33. The molecule has 1 aliphatic heterocycles. The van der Waals surface area contributed by atoms with Crippen LogP contribution in [0.15, 0.2) is 24.4 Å². The normalized spacial score (nSPS) is 17.3. The lowest BCUT2D eigenvalue weighted by Crippen LogP contribution is -2.35. The van der Waals surface area contributed by atoms with Gasteiger partial charge < -0.3 is 14.6 Å². The number of hydrogen-bond donors (Lipinski definition) is 1. The first-order chi connectivity index (χ1) is 14.3. The summed E-state index contributed by atoms with van der Waals surface area (Å²) in [6.07, 6.45) is 1.07. The molecule has 154 valence electrons. The van der Waals surface area contributed by atoms with Gasteiger partial charge >= 0.3 is 0 Å². The maximum atomic E-state index is 14.8. The summed E-state index contributed by atoms with van der Waals surface area (Å²) in [6, 6.07) is 5.36. The number of rotatable bonds is 3. The second kappa shape index (κ2) is 6.58. The molecule has 0 spiro atoms. The zero-order chi connectivity index (χ0) is 21.2. The first kappa shape index (κ1) is 19.1. The van der Waals surface area contributed by atoms with Crippen LogP contribution in [-0.2, 0) is 5.41 Å². The molecule has 6 nitrogen and oxygen atoms in total. The van der Waals surface area contributed by atoms with Gasteiger partial charge in [0.05, 0.1) is 41.2 Å². The molecule has 1 unspecified atom stereocenters. The van der Waals surface area contributed by atoms with Gasteiger partial charge in [0, 0.05) is 22.6 Å². The van der Waals surface area contributed by atoms with Gasteiger partial charge in [-0.2, -0.15) is 0 Å². The highest BCUT2D eigenvalue weighted by Gasteiger charge is 2.45. The first-order valence-electron chi connectivity index (χ1n) is 9.56. The monoisotopic (exact) mass is 425 g/mol. The van der Waals surface area contributed by atoms with E-state index in [-0.39, 0.29) is 12.4 Å². The number of nitrogens with zero attached hydrogens (tertiary/aromatic N) is 3. The molecule has 0 fully saturated rings. The van der Waals surface area contributed by atoms with Crippen LogP contribution in [-0.4, -0.2) is 39.9 Å². The van der Waals surface area contributed by atoms with Crippen molar-refractivity contribution in [2.24, 2.45) is 0 Å². The van der Waals surface area contributed by atoms with Gasteiger partial charge in [0.15, 0.2) is 11.6 Å². The van der Waals surface area contributed by atoms with Crippen molar-refractivity contribution < 1.29 is 19.0 Å². The minimum atomic E-state index is -0.546. The van der Waals surface area contributed by atoms with Gasteiger partial charge in [-0.25, -0.2) is 19.3 Å². The van der Waals surface area contributed by atoms with Gasteiger partial charge in [-0.15, -0.1) is 11.3 Å². The standard InChI is InChI=1S/C22H20FN3O3S/c1-10-5-11(18-13(6-10)25-16(28-4)8-24-18)21-26-14-7-12(23)19-17(20(14)30-21)22(2,3)15(9-27)29-19/h5-8,15,27H,9H2,1-4H3. The van der Waals surface area contributed by atoms with Gasteiger partial charge in [-0.1, -0.05) is 13.8 Å². The lowest BCUT2D eigenvalue weighted by molar-refractivity contribution is 0.0866. The summed E-state index contributed by atoms with van der Waals surface area (Å²) in [7, 11) is 1.55. The van der Waals surface area contributed by atoms with Crippen LogP contribution in [0.2, 0.25) is 0 Å². The number of thiazole rings is 1. The number of benzene rings is 2. The van der Waals surface area contributed by atoms with Crippen LogP contribution in [0.4, 0.5) is 4.39 Å². The van der Waals surface area contributed by atoms with Crippen molar-refractivity contribution in [1.82, 2.24) is 15.0 Å². The number of aryl methyl sites for hydroxylation is 1. The van der Waals surface area contributed by atoms with Crippen LogP contribution in [0.25, 0.3) is 31.8 Å². The fraction of sp³-hybridized carbons (Fsp3) is 0.318. The number of methoxy groups -OCH3 is 1. The summed E-state index contributed by atoms with van der Waals surface area (Å²) in [6.45, 7) is 5.71. The molecule has 3 heterocycles. The smallest absolute Gasteiger partial charge is 0.232 e. The Bertz CT molecular complexity index is 1320. The Balaban J connectivity index is 1.77. The Morgan fingerprint density at radius 1 is 1.23 bits per heavy atom. The van der Waals surface area contributed by atoms with E-state index < -0.39 is 17.3 Å². The third-order valence-corrected chi connectivity index (χ3v) is 6.79. The maximum Gasteiger partial charge on any atom is 0.232 e. The fourth-order valence-electron chi connectivity index (χ4n) is 4.06. The Hall–Kier alpha value is -2.84. The summed E-state index contributed by atoms with van der Waals surface area (Å²) < 4.78 is 26.6. The van der Waals surface area contributed by atoms with E-state index >= 15 is 0 Å². The minimum absolute atomic E-state index is 0.186. The second-order valence-corrected chi connectivity index (χ2v) is 9.03. The quantitative estimate of drug-likeness (QED) is 0.524. The number of aliphatic hydroxyl groups is 1. The van der Waals surface area contributed by atoms with Crippen molar-refractivity contribution in [3.63, 3.8) is 0 Å². The predicted octanol–water partition coefficient (Wildman–Crippen LogP) is 4.39. The minimum Gasteiger partial charge on any atom is -0.484 e. The highest BCUT2D eigenvalue weighted by atomic mass is 32.1. The van der Waals surface area contributed by atoms with Crippen LogP contribution in [0.1, 0.15) is 25.0 Å². The summed E-state index contributed by atoms with van der Waals surface area (Å²) in [4.78, 5) is 13.8. The zero-order valence-electron chi connectivity index (χ0n) is 17.0. The van der Waals surface area contributed by atoms with Crippen molar-refractivity contribution >= 4 is 32.6 Å². The van der Waals surface area contributed by atoms with Gasteiger partial charge in [-0.05, 0) is 24.6 Å². The number of fused-ring (bicyclic) bond motifs is 4. The van der Waals surface area contributed by atoms with Crippen molar-refractivity contribution in [3.8, 4) is 22.2 Å². The molecule has 1 aliphatic rings. The Labute approximate surface area is 176 Å². The molecule has 0 bridgehead atoms. The molecular weight excluding hydrogens is 405 g/mol. The van der Waals surface area contributed by atoms with E-state index in [0.29, 0.717) is 22.4 Å². The molecule has 2 aromatic heterocycles. The number of aromatic nitrogens is 3. The van der Waals surface area contributed by atoms with Crippen molar-refractivity contribution in [2.45, 2.75) is 32.3 Å². The van der Waals surface area contributed by atoms with Crippen LogP contribution >= 0.6 is 11.3 Å². The molecule has 2 aromatic carbocycles. The van der Waals surface area contributed by atoms with E-state index in [1.807, 2.05) is 32.9 Å². The Kier molecular flexibility index (Phi) is 4.20.